The molecule has 5 nitrogen and oxygen atoms in total. The predicted molar refractivity (Wildman–Crippen MR) is 70.7 cm³/mol. The first-order valence-electron chi connectivity index (χ1n) is 6.25. The van der Waals surface area contributed by atoms with Crippen LogP contribution in [0.3, 0.4) is 0 Å². The van der Waals surface area contributed by atoms with Gasteiger partial charge in [-0.25, -0.2) is 4.79 Å². The molecule has 0 saturated heterocycles. The van der Waals surface area contributed by atoms with E-state index in [1.165, 1.54) is 10.6 Å². The van der Waals surface area contributed by atoms with Gasteiger partial charge >= 0.3 is 5.97 Å². The van der Waals surface area contributed by atoms with Crippen LogP contribution in [0.25, 0.3) is 0 Å². The van der Waals surface area contributed by atoms with Crippen LogP contribution in [0.4, 0.5) is 0 Å². The Kier molecular flexibility index (Phi) is 4.87. The summed E-state index contributed by atoms with van der Waals surface area (Å²) in [6.07, 6.45) is 0.193. The van der Waals surface area contributed by atoms with Crippen LogP contribution in [0, 0.1) is 18.3 Å². The van der Waals surface area contributed by atoms with Crippen molar-refractivity contribution >= 4 is 5.97 Å². The highest BCUT2D eigenvalue weighted by atomic mass is 16.5. The van der Waals surface area contributed by atoms with Crippen LogP contribution in [-0.4, -0.2) is 16.6 Å². The molecular formula is C14H18N2O3. The molecule has 0 aliphatic heterocycles. The van der Waals surface area contributed by atoms with Crippen molar-refractivity contribution in [2.24, 2.45) is 0 Å². The number of rotatable bonds is 4. The van der Waals surface area contributed by atoms with E-state index in [0.29, 0.717) is 12.1 Å². The van der Waals surface area contributed by atoms with Gasteiger partial charge in [0.1, 0.15) is 17.7 Å². The van der Waals surface area contributed by atoms with E-state index in [-0.39, 0.29) is 11.7 Å². The highest BCUT2D eigenvalue weighted by Gasteiger charge is 2.24. The molecule has 1 unspecified atom stereocenters. The van der Waals surface area contributed by atoms with Gasteiger partial charge in [0.15, 0.2) is 0 Å². The average Bonchev–Trinajstić information content (AvgIpc) is 2.33. The number of aryl methyl sites for hydroxylation is 1. The lowest BCUT2D eigenvalue weighted by Crippen LogP contribution is -2.34. The van der Waals surface area contributed by atoms with Gasteiger partial charge in [-0.1, -0.05) is 6.92 Å². The summed E-state index contributed by atoms with van der Waals surface area (Å²) < 4.78 is 6.50. The largest absolute Gasteiger partial charge is 0.461 e. The van der Waals surface area contributed by atoms with E-state index in [0.717, 1.165) is 0 Å². The van der Waals surface area contributed by atoms with E-state index in [9.17, 15) is 9.59 Å². The molecule has 0 aliphatic rings. The van der Waals surface area contributed by atoms with Crippen LogP contribution in [0.5, 0.6) is 0 Å². The second-order valence-electron chi connectivity index (χ2n) is 4.59. The second-order valence-corrected chi connectivity index (χ2v) is 4.59. The zero-order chi connectivity index (χ0) is 14.6. The summed E-state index contributed by atoms with van der Waals surface area (Å²) in [5.41, 5.74) is 0.216. The van der Waals surface area contributed by atoms with Crippen LogP contribution in [0.1, 0.15) is 44.5 Å². The van der Waals surface area contributed by atoms with E-state index in [1.54, 1.807) is 33.8 Å². The number of carbonyl (C=O) groups is 1. The molecule has 1 aromatic heterocycles. The fraction of sp³-hybridized carbons (Fsp3) is 0.500. The summed E-state index contributed by atoms with van der Waals surface area (Å²) >= 11 is 0. The Hall–Kier alpha value is -2.09. The Morgan fingerprint density at radius 3 is 2.58 bits per heavy atom. The van der Waals surface area contributed by atoms with Gasteiger partial charge in [0.2, 0.25) is 0 Å². The SMILES string of the molecule is CCC(C(=O)OC(C)C)n1c(C)ccc(C#N)c1=O. The number of esters is 1. The molecular weight excluding hydrogens is 244 g/mol. The number of aromatic nitrogens is 1. The molecule has 19 heavy (non-hydrogen) atoms. The van der Waals surface area contributed by atoms with Gasteiger partial charge in [-0.15, -0.1) is 0 Å². The maximum absolute atomic E-state index is 12.1. The number of ether oxygens (including phenoxy) is 1. The van der Waals surface area contributed by atoms with E-state index in [2.05, 4.69) is 0 Å². The van der Waals surface area contributed by atoms with E-state index in [4.69, 9.17) is 10.00 Å². The quantitative estimate of drug-likeness (QED) is 0.777. The Labute approximate surface area is 112 Å². The fourth-order valence-electron chi connectivity index (χ4n) is 1.88. The van der Waals surface area contributed by atoms with E-state index >= 15 is 0 Å². The van der Waals surface area contributed by atoms with Gasteiger partial charge in [0.25, 0.3) is 5.56 Å². The molecule has 1 aromatic rings. The molecule has 1 rings (SSSR count). The van der Waals surface area contributed by atoms with Gasteiger partial charge in [-0.2, -0.15) is 5.26 Å². The minimum absolute atomic E-state index is 0.0291. The zero-order valence-electron chi connectivity index (χ0n) is 11.6. The minimum atomic E-state index is -0.691. The molecule has 102 valence electrons. The number of hydrogen-bond donors (Lipinski definition) is 0. The average molecular weight is 262 g/mol. The number of hydrogen-bond acceptors (Lipinski definition) is 4. The summed E-state index contributed by atoms with van der Waals surface area (Å²) in [5.74, 6) is -0.446. The third kappa shape index (κ3) is 3.22. The van der Waals surface area contributed by atoms with Crippen molar-refractivity contribution in [3.8, 4) is 6.07 Å². The van der Waals surface area contributed by atoms with Crippen molar-refractivity contribution in [2.45, 2.75) is 46.3 Å². The van der Waals surface area contributed by atoms with Gasteiger partial charge in [0, 0.05) is 5.69 Å². The highest BCUT2D eigenvalue weighted by Crippen LogP contribution is 2.15. The molecule has 0 saturated carbocycles. The molecule has 0 N–H and O–H groups in total. The van der Waals surface area contributed by atoms with Crippen molar-refractivity contribution < 1.29 is 9.53 Å². The maximum Gasteiger partial charge on any atom is 0.329 e. The molecule has 0 amide bonds. The molecule has 0 bridgehead atoms. The minimum Gasteiger partial charge on any atom is -0.461 e. The van der Waals surface area contributed by atoms with Crippen LogP contribution in [0.2, 0.25) is 0 Å². The number of carbonyl (C=O) groups excluding carboxylic acids is 1. The molecule has 0 aliphatic carbocycles. The van der Waals surface area contributed by atoms with Gasteiger partial charge in [-0.05, 0) is 39.3 Å². The first kappa shape index (κ1) is 15.0. The lowest BCUT2D eigenvalue weighted by Gasteiger charge is -2.20. The van der Waals surface area contributed by atoms with Gasteiger partial charge in [0.05, 0.1) is 6.10 Å². The third-order valence-electron chi connectivity index (χ3n) is 2.76. The molecule has 0 aromatic carbocycles. The normalized spacial score (nSPS) is 12.0. The monoisotopic (exact) mass is 262 g/mol. The van der Waals surface area contributed by atoms with Crippen molar-refractivity contribution in [3.63, 3.8) is 0 Å². The standard InChI is InChI=1S/C14H18N2O3/c1-5-12(14(18)19-9(2)3)16-10(4)6-7-11(8-15)13(16)17/h6-7,9,12H,5H2,1-4H3. The first-order valence-corrected chi connectivity index (χ1v) is 6.25. The van der Waals surface area contributed by atoms with Gasteiger partial charge < -0.3 is 4.74 Å². The smallest absolute Gasteiger partial charge is 0.329 e. The van der Waals surface area contributed by atoms with Crippen LogP contribution in [-0.2, 0) is 9.53 Å². The molecule has 1 heterocycles. The highest BCUT2D eigenvalue weighted by molar-refractivity contribution is 5.74. The lowest BCUT2D eigenvalue weighted by molar-refractivity contribution is -0.151. The van der Waals surface area contributed by atoms with Crippen molar-refractivity contribution in [2.75, 3.05) is 0 Å². The Balaban J connectivity index is 3.30. The lowest BCUT2D eigenvalue weighted by atomic mass is 10.1. The van der Waals surface area contributed by atoms with Crippen molar-refractivity contribution in [1.82, 2.24) is 4.57 Å². The summed E-state index contributed by atoms with van der Waals surface area (Å²) in [7, 11) is 0. The molecule has 5 heteroatoms. The maximum atomic E-state index is 12.1. The van der Waals surface area contributed by atoms with Crippen molar-refractivity contribution in [3.05, 3.63) is 33.7 Å². The van der Waals surface area contributed by atoms with Gasteiger partial charge in [-0.3, -0.25) is 9.36 Å². The van der Waals surface area contributed by atoms with E-state index in [1.807, 2.05) is 6.07 Å². The van der Waals surface area contributed by atoms with Crippen LogP contribution < -0.4 is 5.56 Å². The first-order chi connectivity index (χ1) is 8.92. The number of nitrogens with zero attached hydrogens (tertiary/aromatic N) is 2. The molecule has 0 radical (unpaired) electrons. The zero-order valence-corrected chi connectivity index (χ0v) is 11.6. The summed E-state index contributed by atoms with van der Waals surface area (Å²) in [4.78, 5) is 24.2. The summed E-state index contributed by atoms with van der Waals surface area (Å²) in [5, 5.41) is 8.89. The molecule has 1 atom stereocenters. The Bertz CT molecular complexity index is 567. The van der Waals surface area contributed by atoms with Crippen LogP contribution >= 0.6 is 0 Å². The Morgan fingerprint density at radius 2 is 2.11 bits per heavy atom. The fourth-order valence-corrected chi connectivity index (χ4v) is 1.88. The van der Waals surface area contributed by atoms with E-state index < -0.39 is 17.6 Å². The topological polar surface area (TPSA) is 72.1 Å². The Morgan fingerprint density at radius 1 is 1.47 bits per heavy atom. The van der Waals surface area contributed by atoms with Crippen LogP contribution in [0.15, 0.2) is 16.9 Å². The predicted octanol–water partition coefficient (Wildman–Crippen LogP) is 1.93. The molecule has 0 fully saturated rings. The number of pyridine rings is 1. The van der Waals surface area contributed by atoms with Crippen molar-refractivity contribution in [1.29, 1.82) is 5.26 Å². The summed E-state index contributed by atoms with van der Waals surface area (Å²) in [6.45, 7) is 7.04. The third-order valence-corrected chi connectivity index (χ3v) is 2.76. The summed E-state index contributed by atoms with van der Waals surface area (Å²) in [6, 6.07) is 4.27. The number of nitriles is 1. The molecule has 0 spiro atoms. The second kappa shape index (κ2) is 6.19.